The molecule has 8 heteroatoms. The highest BCUT2D eigenvalue weighted by Crippen LogP contribution is 2.24. The molecular formula is C8H10Cl2N6. The monoisotopic (exact) mass is 260 g/mol. The average Bonchev–Trinajstić information content (AvgIpc) is 2.12. The molecule has 0 unspecified atom stereocenters. The highest BCUT2D eigenvalue weighted by atomic mass is 35.5. The van der Waals surface area contributed by atoms with E-state index in [-0.39, 0.29) is 11.9 Å². The van der Waals surface area contributed by atoms with Gasteiger partial charge in [0.05, 0.1) is 5.69 Å². The van der Waals surface area contributed by atoms with Crippen LogP contribution >= 0.6 is 23.2 Å². The van der Waals surface area contributed by atoms with E-state index >= 15 is 0 Å². The molecule has 6 nitrogen and oxygen atoms in total. The molecule has 0 aliphatic heterocycles. The number of nitrogens with two attached hydrogens (primary N) is 3. The second kappa shape index (κ2) is 5.43. The lowest BCUT2D eigenvalue weighted by Crippen LogP contribution is -2.32. The van der Waals surface area contributed by atoms with E-state index < -0.39 is 0 Å². The smallest absolute Gasteiger partial charge is 0.214 e. The van der Waals surface area contributed by atoms with Gasteiger partial charge in [-0.3, -0.25) is 0 Å². The fraction of sp³-hybridized carbons (Fsp3) is 0. The maximum absolute atomic E-state index is 5.78. The number of benzene rings is 1. The first-order chi connectivity index (χ1) is 7.47. The van der Waals surface area contributed by atoms with Crippen molar-refractivity contribution >= 4 is 40.8 Å². The van der Waals surface area contributed by atoms with Gasteiger partial charge < -0.3 is 17.2 Å². The van der Waals surface area contributed by atoms with Gasteiger partial charge in [0, 0.05) is 10.0 Å². The van der Waals surface area contributed by atoms with Crippen molar-refractivity contribution in [3.8, 4) is 0 Å². The lowest BCUT2D eigenvalue weighted by molar-refractivity contribution is 0.994. The van der Waals surface area contributed by atoms with E-state index in [0.29, 0.717) is 15.7 Å². The first-order valence-electron chi connectivity index (χ1n) is 4.12. The summed E-state index contributed by atoms with van der Waals surface area (Å²) in [5.74, 6) is -0.131. The van der Waals surface area contributed by atoms with Crippen molar-refractivity contribution in [2.75, 3.05) is 0 Å². The number of halogens is 2. The minimum atomic E-state index is -0.151. The van der Waals surface area contributed by atoms with Crippen molar-refractivity contribution in [1.82, 2.24) is 5.43 Å². The molecule has 0 aliphatic rings. The average molecular weight is 261 g/mol. The van der Waals surface area contributed by atoms with Crippen LogP contribution in [0.25, 0.3) is 0 Å². The molecule has 7 N–H and O–H groups in total. The van der Waals surface area contributed by atoms with E-state index in [2.05, 4.69) is 15.5 Å². The first kappa shape index (κ1) is 12.4. The molecule has 1 rings (SSSR count). The summed E-state index contributed by atoms with van der Waals surface area (Å²) in [6.07, 6.45) is 0. The summed E-state index contributed by atoms with van der Waals surface area (Å²) in [7, 11) is 0. The Balaban J connectivity index is 2.85. The number of nitrogens with zero attached hydrogens (tertiary/aromatic N) is 2. The Kier molecular flexibility index (Phi) is 4.21. The molecule has 0 saturated carbocycles. The van der Waals surface area contributed by atoms with E-state index in [0.717, 1.165) is 0 Å². The lowest BCUT2D eigenvalue weighted by Gasteiger charge is -2.01. The molecule has 0 atom stereocenters. The van der Waals surface area contributed by atoms with Gasteiger partial charge in [-0.15, -0.1) is 5.10 Å². The van der Waals surface area contributed by atoms with Crippen LogP contribution in [0.3, 0.4) is 0 Å². The van der Waals surface area contributed by atoms with E-state index in [4.69, 9.17) is 40.4 Å². The highest BCUT2D eigenvalue weighted by Gasteiger charge is 1.97. The van der Waals surface area contributed by atoms with Crippen LogP contribution in [0.1, 0.15) is 0 Å². The van der Waals surface area contributed by atoms with E-state index in [1.807, 2.05) is 0 Å². The molecule has 0 aliphatic carbocycles. The highest BCUT2D eigenvalue weighted by molar-refractivity contribution is 6.35. The van der Waals surface area contributed by atoms with Crippen LogP contribution in [-0.4, -0.2) is 11.9 Å². The Bertz CT molecular complexity index is 418. The molecule has 0 radical (unpaired) electrons. The summed E-state index contributed by atoms with van der Waals surface area (Å²) in [4.78, 5) is 3.95. The Hall–Kier alpha value is -1.66. The fourth-order valence-electron chi connectivity index (χ4n) is 0.890. The van der Waals surface area contributed by atoms with Gasteiger partial charge >= 0.3 is 0 Å². The second-order valence-electron chi connectivity index (χ2n) is 2.77. The molecule has 0 fully saturated rings. The number of guanidine groups is 2. The van der Waals surface area contributed by atoms with Crippen molar-refractivity contribution in [1.29, 1.82) is 0 Å². The van der Waals surface area contributed by atoms with Crippen molar-refractivity contribution < 1.29 is 0 Å². The standard InChI is InChI=1S/C8H10Cl2N6/c9-4-1-5(10)3-6(2-4)14-8(13)16-15-7(11)12/h1-3H,(H4,11,12,15)(H3,13,14,16). The SMILES string of the molecule is NC(N)=NNC(N)=Nc1cc(Cl)cc(Cl)c1. The largest absolute Gasteiger partial charge is 0.369 e. The van der Waals surface area contributed by atoms with Gasteiger partial charge in [0.1, 0.15) is 0 Å². The Labute approximate surface area is 102 Å². The zero-order valence-electron chi connectivity index (χ0n) is 8.11. The Morgan fingerprint density at radius 2 is 1.62 bits per heavy atom. The van der Waals surface area contributed by atoms with E-state index in [9.17, 15) is 0 Å². The third kappa shape index (κ3) is 4.24. The third-order valence-electron chi connectivity index (χ3n) is 1.40. The summed E-state index contributed by atoms with van der Waals surface area (Å²) in [5, 5.41) is 4.38. The predicted molar refractivity (Wildman–Crippen MR) is 66.7 cm³/mol. The molecule has 0 amide bonds. The molecule has 1 aromatic carbocycles. The van der Waals surface area contributed by atoms with E-state index in [1.54, 1.807) is 18.2 Å². The zero-order chi connectivity index (χ0) is 12.1. The van der Waals surface area contributed by atoms with Crippen LogP contribution in [-0.2, 0) is 0 Å². The van der Waals surface area contributed by atoms with Gasteiger partial charge in [-0.25, -0.2) is 10.4 Å². The zero-order valence-corrected chi connectivity index (χ0v) is 9.63. The maximum Gasteiger partial charge on any atom is 0.214 e. The maximum atomic E-state index is 5.78. The molecule has 0 spiro atoms. The van der Waals surface area contributed by atoms with Crippen molar-refractivity contribution in [3.05, 3.63) is 28.2 Å². The molecule has 0 saturated heterocycles. The van der Waals surface area contributed by atoms with Crippen LogP contribution in [0.5, 0.6) is 0 Å². The Morgan fingerprint density at radius 3 is 2.12 bits per heavy atom. The number of nitrogens with one attached hydrogen (secondary N) is 1. The number of aliphatic imine (C=N–C) groups is 1. The van der Waals surface area contributed by atoms with E-state index in [1.165, 1.54) is 0 Å². The van der Waals surface area contributed by atoms with Gasteiger partial charge in [0.25, 0.3) is 0 Å². The van der Waals surface area contributed by atoms with Crippen molar-refractivity contribution in [3.63, 3.8) is 0 Å². The number of hydrogen-bond acceptors (Lipinski definition) is 2. The van der Waals surface area contributed by atoms with Crippen LogP contribution in [0, 0.1) is 0 Å². The van der Waals surface area contributed by atoms with Gasteiger partial charge in [0.2, 0.25) is 11.9 Å². The minimum absolute atomic E-state index is 0.0201. The molecular weight excluding hydrogens is 251 g/mol. The molecule has 1 aromatic rings. The third-order valence-corrected chi connectivity index (χ3v) is 1.83. The summed E-state index contributed by atoms with van der Waals surface area (Å²) in [6, 6.07) is 4.77. The second-order valence-corrected chi connectivity index (χ2v) is 3.65. The van der Waals surface area contributed by atoms with Crippen LogP contribution in [0.15, 0.2) is 28.3 Å². The molecule has 86 valence electrons. The summed E-state index contributed by atoms with van der Waals surface area (Å²) < 4.78 is 0. The number of hydrogen-bond donors (Lipinski definition) is 4. The van der Waals surface area contributed by atoms with Gasteiger partial charge in [-0.05, 0) is 18.2 Å². The fourth-order valence-corrected chi connectivity index (χ4v) is 1.40. The van der Waals surface area contributed by atoms with Crippen LogP contribution in [0.4, 0.5) is 5.69 Å². The minimum Gasteiger partial charge on any atom is -0.369 e. The van der Waals surface area contributed by atoms with Crippen LogP contribution in [0.2, 0.25) is 10.0 Å². The normalized spacial score (nSPS) is 11.0. The molecule has 0 bridgehead atoms. The van der Waals surface area contributed by atoms with Crippen molar-refractivity contribution in [2.45, 2.75) is 0 Å². The van der Waals surface area contributed by atoms with Gasteiger partial charge in [-0.2, -0.15) is 0 Å². The van der Waals surface area contributed by atoms with Gasteiger partial charge in [0.15, 0.2) is 0 Å². The molecule has 16 heavy (non-hydrogen) atoms. The summed E-state index contributed by atoms with van der Waals surface area (Å²) in [6.45, 7) is 0. The summed E-state index contributed by atoms with van der Waals surface area (Å²) in [5.41, 5.74) is 18.5. The molecule has 0 aromatic heterocycles. The number of rotatable bonds is 2. The quantitative estimate of drug-likeness (QED) is 0.356. The number of hydrazone groups is 1. The van der Waals surface area contributed by atoms with Crippen molar-refractivity contribution in [2.24, 2.45) is 27.3 Å². The lowest BCUT2D eigenvalue weighted by atomic mass is 10.3. The Morgan fingerprint density at radius 1 is 1.06 bits per heavy atom. The van der Waals surface area contributed by atoms with Gasteiger partial charge in [-0.1, -0.05) is 23.2 Å². The summed E-state index contributed by atoms with van der Waals surface area (Å²) >= 11 is 11.6. The first-order valence-corrected chi connectivity index (χ1v) is 4.88. The predicted octanol–water partition coefficient (Wildman–Crippen LogP) is 0.718. The topological polar surface area (TPSA) is 115 Å². The molecule has 0 heterocycles. The van der Waals surface area contributed by atoms with Crippen LogP contribution < -0.4 is 22.6 Å².